The van der Waals surface area contributed by atoms with Crippen molar-refractivity contribution in [2.45, 2.75) is 70.2 Å². The van der Waals surface area contributed by atoms with E-state index in [9.17, 15) is 27.9 Å². The second-order valence-electron chi connectivity index (χ2n) is 12.5. The maximum absolute atomic E-state index is 13.7. The van der Waals surface area contributed by atoms with Crippen LogP contribution in [0.2, 0.25) is 5.02 Å². The molecule has 1 N–H and O–H groups in total. The van der Waals surface area contributed by atoms with Gasteiger partial charge in [0.25, 0.3) is 5.91 Å². The summed E-state index contributed by atoms with van der Waals surface area (Å²) in [7, 11) is 0. The van der Waals surface area contributed by atoms with E-state index in [-0.39, 0.29) is 24.2 Å². The Morgan fingerprint density at radius 3 is 2.38 bits per heavy atom. The third-order valence-corrected chi connectivity index (χ3v) is 9.49. The number of Topliss-reactive ketones (excluding diaryl/α,β-unsaturated/α-hetero) is 1. The lowest BCUT2D eigenvalue weighted by Gasteiger charge is -2.26. The van der Waals surface area contributed by atoms with E-state index >= 15 is 0 Å². The number of aryl methyl sites for hydroxylation is 2. The molecular weight excluding hydrogens is 623 g/mol. The minimum atomic E-state index is -4.41. The number of benzene rings is 4. The van der Waals surface area contributed by atoms with E-state index in [1.807, 2.05) is 60.4 Å². The van der Waals surface area contributed by atoms with Gasteiger partial charge in [-0.15, -0.1) is 0 Å². The van der Waals surface area contributed by atoms with Gasteiger partial charge < -0.3 is 10.0 Å². The number of halogens is 4. The van der Waals surface area contributed by atoms with Crippen molar-refractivity contribution in [1.82, 2.24) is 4.90 Å². The molecule has 3 atom stereocenters. The highest BCUT2D eigenvalue weighted by atomic mass is 35.5. The number of hydrogen-bond acceptors (Lipinski definition) is 3. The van der Waals surface area contributed by atoms with Gasteiger partial charge in [-0.3, -0.25) is 9.59 Å². The number of aliphatic hydroxyl groups is 1. The van der Waals surface area contributed by atoms with Crippen LogP contribution in [-0.2, 0) is 19.0 Å². The Morgan fingerprint density at radius 2 is 1.64 bits per heavy atom. The van der Waals surface area contributed by atoms with Gasteiger partial charge in [-0.1, -0.05) is 84.4 Å². The first-order valence-electron chi connectivity index (χ1n) is 16.1. The molecule has 1 fully saturated rings. The van der Waals surface area contributed by atoms with E-state index < -0.39 is 23.8 Å². The number of alkyl halides is 3. The number of hydrogen-bond donors (Lipinski definition) is 1. The zero-order valence-electron chi connectivity index (χ0n) is 26.3. The summed E-state index contributed by atoms with van der Waals surface area (Å²) in [4.78, 5) is 29.3. The van der Waals surface area contributed by atoms with Gasteiger partial charge in [0.05, 0.1) is 17.7 Å². The molecule has 47 heavy (non-hydrogen) atoms. The molecule has 1 unspecified atom stereocenters. The number of nitrogens with zero attached hydrogens (tertiary/aromatic N) is 1. The minimum absolute atomic E-state index is 0.0631. The van der Waals surface area contributed by atoms with Gasteiger partial charge in [-0.2, -0.15) is 13.2 Å². The topological polar surface area (TPSA) is 57.6 Å². The molecule has 0 radical (unpaired) electrons. The molecule has 1 aliphatic rings. The summed E-state index contributed by atoms with van der Waals surface area (Å²) >= 11 is 6.24. The fourth-order valence-corrected chi connectivity index (χ4v) is 6.61. The highest BCUT2D eigenvalue weighted by molar-refractivity contribution is 6.31. The van der Waals surface area contributed by atoms with Crippen LogP contribution >= 0.6 is 11.6 Å². The first-order chi connectivity index (χ1) is 22.5. The van der Waals surface area contributed by atoms with E-state index in [0.717, 1.165) is 41.7 Å². The Kier molecular flexibility index (Phi) is 11.2. The van der Waals surface area contributed by atoms with Crippen molar-refractivity contribution >= 4 is 23.3 Å². The molecular formula is C39H39ClF3NO3. The van der Waals surface area contributed by atoms with E-state index in [1.54, 1.807) is 30.3 Å². The van der Waals surface area contributed by atoms with E-state index in [4.69, 9.17) is 11.6 Å². The fraction of sp³-hybridized carbons (Fsp3) is 0.333. The quantitative estimate of drug-likeness (QED) is 0.154. The fourth-order valence-electron chi connectivity index (χ4n) is 6.49. The summed E-state index contributed by atoms with van der Waals surface area (Å²) in [6.45, 7) is 2.57. The maximum atomic E-state index is 13.7. The van der Waals surface area contributed by atoms with Gasteiger partial charge in [0, 0.05) is 29.1 Å². The predicted molar refractivity (Wildman–Crippen MR) is 179 cm³/mol. The van der Waals surface area contributed by atoms with Gasteiger partial charge in [-0.25, -0.2) is 0 Å². The van der Waals surface area contributed by atoms with E-state index in [2.05, 4.69) is 0 Å². The van der Waals surface area contributed by atoms with Crippen LogP contribution in [0.5, 0.6) is 0 Å². The van der Waals surface area contributed by atoms with Gasteiger partial charge in [0.1, 0.15) is 0 Å². The predicted octanol–water partition coefficient (Wildman–Crippen LogP) is 9.46. The van der Waals surface area contributed by atoms with Crippen LogP contribution in [-0.4, -0.2) is 34.3 Å². The first-order valence-corrected chi connectivity index (χ1v) is 16.5. The number of ketones is 1. The normalized spacial score (nSPS) is 16.2. The lowest BCUT2D eigenvalue weighted by molar-refractivity contribution is -0.137. The number of carbonyl (C=O) groups is 2. The largest absolute Gasteiger partial charge is 0.416 e. The number of likely N-dealkylation sites (tertiary alicyclic amines) is 1. The lowest BCUT2D eigenvalue weighted by Crippen LogP contribution is -2.30. The average molecular weight is 662 g/mol. The highest BCUT2D eigenvalue weighted by Crippen LogP contribution is 2.35. The molecule has 8 heteroatoms. The molecule has 4 aromatic rings. The maximum Gasteiger partial charge on any atom is 0.416 e. The Hall–Kier alpha value is -3.94. The molecule has 4 aromatic carbocycles. The molecule has 1 aliphatic heterocycles. The second kappa shape index (κ2) is 15.3. The van der Waals surface area contributed by atoms with E-state index in [0.29, 0.717) is 53.9 Å². The van der Waals surface area contributed by atoms with Gasteiger partial charge in [-0.05, 0) is 97.9 Å². The van der Waals surface area contributed by atoms with Crippen LogP contribution < -0.4 is 0 Å². The standard InChI is InChI=1S/C39H39ClF3NO3/c1-26-21-29(18-19-34(26)40)35-16-8-20-44(35)38(47)31-14-7-13-30(24-31)37(46)25-32(22-27-9-3-2-4-10-27)36(45)17-6-12-28-11-5-15-33(23-28)39(41,42)43/h2-5,7,9-11,13-15,18-19,21,23-24,32,35-36,45H,6,8,12,16-17,20,22,25H2,1H3/t32-,35?,36-/m1/s1. The molecule has 0 aliphatic carbocycles. The summed E-state index contributed by atoms with van der Waals surface area (Å²) in [6.07, 6.45) is -1.82. The molecule has 1 amide bonds. The Morgan fingerprint density at radius 1 is 0.915 bits per heavy atom. The van der Waals surface area contributed by atoms with Crippen molar-refractivity contribution in [2.75, 3.05) is 6.54 Å². The molecule has 1 saturated heterocycles. The number of carbonyl (C=O) groups excluding carboxylic acids is 2. The summed E-state index contributed by atoms with van der Waals surface area (Å²) in [5.41, 5.74) is 3.68. The molecule has 0 bridgehead atoms. The lowest BCUT2D eigenvalue weighted by atomic mass is 9.85. The van der Waals surface area contributed by atoms with Crippen molar-refractivity contribution in [3.05, 3.63) is 141 Å². The van der Waals surface area contributed by atoms with Crippen molar-refractivity contribution in [1.29, 1.82) is 0 Å². The molecule has 0 saturated carbocycles. The van der Waals surface area contributed by atoms with Crippen LogP contribution in [0.4, 0.5) is 13.2 Å². The summed E-state index contributed by atoms with van der Waals surface area (Å²) < 4.78 is 39.5. The van der Waals surface area contributed by atoms with E-state index in [1.165, 1.54) is 6.07 Å². The number of amides is 1. The SMILES string of the molecule is Cc1cc(C2CCCN2C(=O)c2cccc(C(=O)C[C@@H](Cc3ccccc3)[C@H](O)CCCc3cccc(C(F)(F)F)c3)c2)ccc1Cl. The minimum Gasteiger partial charge on any atom is -0.393 e. The van der Waals surface area contributed by atoms with Crippen molar-refractivity contribution in [3.8, 4) is 0 Å². The molecule has 0 aromatic heterocycles. The zero-order valence-corrected chi connectivity index (χ0v) is 27.1. The van der Waals surface area contributed by atoms with Gasteiger partial charge in [0.15, 0.2) is 5.78 Å². The van der Waals surface area contributed by atoms with Crippen LogP contribution in [0.25, 0.3) is 0 Å². The van der Waals surface area contributed by atoms with Gasteiger partial charge in [0.2, 0.25) is 0 Å². The van der Waals surface area contributed by atoms with Crippen molar-refractivity contribution in [2.24, 2.45) is 5.92 Å². The molecule has 246 valence electrons. The summed E-state index contributed by atoms with van der Waals surface area (Å²) in [6, 6.07) is 27.4. The summed E-state index contributed by atoms with van der Waals surface area (Å²) in [5, 5.41) is 12.0. The third-order valence-electron chi connectivity index (χ3n) is 9.06. The summed E-state index contributed by atoms with van der Waals surface area (Å²) in [5.74, 6) is -0.726. The Bertz CT molecular complexity index is 1690. The van der Waals surface area contributed by atoms with Crippen molar-refractivity contribution < 1.29 is 27.9 Å². The molecule has 0 spiro atoms. The first kappa shape index (κ1) is 34.4. The number of rotatable bonds is 12. The van der Waals surface area contributed by atoms with Crippen molar-refractivity contribution in [3.63, 3.8) is 0 Å². The Labute approximate surface area is 279 Å². The molecule has 5 rings (SSSR count). The molecule has 4 nitrogen and oxygen atoms in total. The Balaban J connectivity index is 1.27. The van der Waals surface area contributed by atoms with Gasteiger partial charge >= 0.3 is 6.18 Å². The second-order valence-corrected chi connectivity index (χ2v) is 12.9. The van der Waals surface area contributed by atoms with Crippen LogP contribution in [0, 0.1) is 12.8 Å². The average Bonchev–Trinajstić information content (AvgIpc) is 3.56. The van der Waals surface area contributed by atoms with Crippen LogP contribution in [0.15, 0.2) is 97.1 Å². The smallest absolute Gasteiger partial charge is 0.393 e. The third kappa shape index (κ3) is 8.91. The number of aliphatic hydroxyl groups excluding tert-OH is 1. The zero-order chi connectivity index (χ0) is 33.6. The monoisotopic (exact) mass is 661 g/mol. The van der Waals surface area contributed by atoms with Crippen LogP contribution in [0.1, 0.15) is 86.7 Å². The molecule has 1 heterocycles. The highest BCUT2D eigenvalue weighted by Gasteiger charge is 2.32. The van der Waals surface area contributed by atoms with Crippen LogP contribution in [0.3, 0.4) is 0 Å².